The van der Waals surface area contributed by atoms with Gasteiger partial charge in [-0.05, 0) is 44.2 Å². The van der Waals surface area contributed by atoms with Crippen LogP contribution in [0.25, 0.3) is 0 Å². The van der Waals surface area contributed by atoms with Gasteiger partial charge in [0.2, 0.25) is 5.91 Å². The number of nitrogens with zero attached hydrogens (tertiary/aromatic N) is 2. The molecule has 0 saturated heterocycles. The average molecular weight is 311 g/mol. The Bertz CT molecular complexity index is 686. The molecule has 1 atom stereocenters. The van der Waals surface area contributed by atoms with Gasteiger partial charge in [0.25, 0.3) is 0 Å². The Balaban J connectivity index is 1.56. The lowest BCUT2D eigenvalue weighted by molar-refractivity contribution is -0.123. The third-order valence-electron chi connectivity index (χ3n) is 4.71. The average Bonchev–Trinajstić information content (AvgIpc) is 3.28. The Morgan fingerprint density at radius 2 is 2.00 bits per heavy atom. The first-order valence-electron chi connectivity index (χ1n) is 8.36. The zero-order valence-corrected chi connectivity index (χ0v) is 14.2. The third kappa shape index (κ3) is 3.31. The SMILES string of the molecule is Cc1cc(C)n(CC(C)CNC(=O)C2(c3ccccc3)CC2)n1. The predicted octanol–water partition coefficient (Wildman–Crippen LogP) is 2.98. The number of aryl methyl sites for hydroxylation is 2. The maximum Gasteiger partial charge on any atom is 0.230 e. The van der Waals surface area contributed by atoms with E-state index >= 15 is 0 Å². The van der Waals surface area contributed by atoms with Gasteiger partial charge < -0.3 is 5.32 Å². The van der Waals surface area contributed by atoms with Gasteiger partial charge in [-0.25, -0.2) is 0 Å². The molecule has 1 N–H and O–H groups in total. The topological polar surface area (TPSA) is 46.9 Å². The summed E-state index contributed by atoms with van der Waals surface area (Å²) in [7, 11) is 0. The molecule has 0 aliphatic heterocycles. The van der Waals surface area contributed by atoms with Crippen LogP contribution >= 0.6 is 0 Å². The molecular formula is C19H25N3O. The van der Waals surface area contributed by atoms with E-state index in [4.69, 9.17) is 0 Å². The molecule has 1 aromatic heterocycles. The standard InChI is InChI=1S/C19H25N3O/c1-14(13-22-16(3)11-15(2)21-22)12-20-18(23)19(9-10-19)17-7-5-4-6-8-17/h4-8,11,14H,9-10,12-13H2,1-3H3,(H,20,23). The maximum absolute atomic E-state index is 12.6. The van der Waals surface area contributed by atoms with Gasteiger partial charge in [-0.2, -0.15) is 5.10 Å². The largest absolute Gasteiger partial charge is 0.355 e. The van der Waals surface area contributed by atoms with E-state index in [9.17, 15) is 4.79 Å². The first-order chi connectivity index (χ1) is 11.0. The number of rotatable bonds is 6. The highest BCUT2D eigenvalue weighted by molar-refractivity contribution is 5.91. The highest BCUT2D eigenvalue weighted by Crippen LogP contribution is 2.48. The zero-order chi connectivity index (χ0) is 16.4. The van der Waals surface area contributed by atoms with Crippen molar-refractivity contribution in [1.29, 1.82) is 0 Å². The molecule has 2 aromatic rings. The molecular weight excluding hydrogens is 286 g/mol. The van der Waals surface area contributed by atoms with Gasteiger partial charge in [-0.15, -0.1) is 0 Å². The smallest absolute Gasteiger partial charge is 0.230 e. The van der Waals surface area contributed by atoms with Crippen molar-refractivity contribution in [2.45, 2.75) is 45.6 Å². The monoisotopic (exact) mass is 311 g/mol. The lowest BCUT2D eigenvalue weighted by Gasteiger charge is -2.18. The molecule has 0 bridgehead atoms. The summed E-state index contributed by atoms with van der Waals surface area (Å²) in [5.74, 6) is 0.521. The Morgan fingerprint density at radius 1 is 1.30 bits per heavy atom. The van der Waals surface area contributed by atoms with Crippen LogP contribution in [0.15, 0.2) is 36.4 Å². The number of hydrogen-bond acceptors (Lipinski definition) is 2. The normalized spacial score (nSPS) is 16.8. The van der Waals surface area contributed by atoms with E-state index in [2.05, 4.69) is 42.5 Å². The van der Waals surface area contributed by atoms with Gasteiger partial charge in [0, 0.05) is 18.8 Å². The van der Waals surface area contributed by atoms with Crippen LogP contribution in [-0.2, 0) is 16.8 Å². The lowest BCUT2D eigenvalue weighted by Crippen LogP contribution is -2.38. The molecule has 23 heavy (non-hydrogen) atoms. The fraction of sp³-hybridized carbons (Fsp3) is 0.474. The first-order valence-corrected chi connectivity index (χ1v) is 8.36. The molecule has 1 aliphatic rings. The summed E-state index contributed by atoms with van der Waals surface area (Å²) >= 11 is 0. The van der Waals surface area contributed by atoms with Crippen molar-refractivity contribution in [1.82, 2.24) is 15.1 Å². The van der Waals surface area contributed by atoms with Crippen LogP contribution in [-0.4, -0.2) is 22.2 Å². The molecule has 0 radical (unpaired) electrons. The van der Waals surface area contributed by atoms with E-state index in [0.717, 1.165) is 30.6 Å². The number of aromatic nitrogens is 2. The van der Waals surface area contributed by atoms with Crippen LogP contribution < -0.4 is 5.32 Å². The minimum atomic E-state index is -0.279. The number of benzene rings is 1. The maximum atomic E-state index is 12.6. The Hall–Kier alpha value is -2.10. The highest BCUT2D eigenvalue weighted by atomic mass is 16.2. The van der Waals surface area contributed by atoms with Crippen molar-refractivity contribution < 1.29 is 4.79 Å². The van der Waals surface area contributed by atoms with Crippen molar-refractivity contribution in [3.8, 4) is 0 Å². The summed E-state index contributed by atoms with van der Waals surface area (Å²) in [4.78, 5) is 12.6. The van der Waals surface area contributed by atoms with Gasteiger partial charge in [-0.1, -0.05) is 37.3 Å². The summed E-state index contributed by atoms with van der Waals surface area (Å²) in [6, 6.07) is 12.2. The van der Waals surface area contributed by atoms with E-state index in [0.29, 0.717) is 12.5 Å². The molecule has 4 nitrogen and oxygen atoms in total. The quantitative estimate of drug-likeness (QED) is 0.891. The van der Waals surface area contributed by atoms with Gasteiger partial charge in [0.05, 0.1) is 11.1 Å². The van der Waals surface area contributed by atoms with Crippen LogP contribution in [0.5, 0.6) is 0 Å². The van der Waals surface area contributed by atoms with Crippen LogP contribution in [0.2, 0.25) is 0 Å². The highest BCUT2D eigenvalue weighted by Gasteiger charge is 2.50. The molecule has 4 heteroatoms. The summed E-state index contributed by atoms with van der Waals surface area (Å²) in [6.07, 6.45) is 1.91. The van der Waals surface area contributed by atoms with Crippen molar-refractivity contribution in [2.24, 2.45) is 5.92 Å². The van der Waals surface area contributed by atoms with Crippen LogP contribution in [0, 0.1) is 19.8 Å². The van der Waals surface area contributed by atoms with Crippen LogP contribution in [0.1, 0.15) is 36.7 Å². The summed E-state index contributed by atoms with van der Waals surface area (Å²) in [5.41, 5.74) is 3.08. The molecule has 0 spiro atoms. The molecule has 122 valence electrons. The Kier molecular flexibility index (Phi) is 4.24. The van der Waals surface area contributed by atoms with Gasteiger partial charge in [0.1, 0.15) is 0 Å². The number of hydrogen-bond donors (Lipinski definition) is 1. The van der Waals surface area contributed by atoms with E-state index in [1.807, 2.05) is 29.8 Å². The Labute approximate surface area is 137 Å². The second-order valence-electron chi connectivity index (χ2n) is 6.87. The summed E-state index contributed by atoms with van der Waals surface area (Å²) in [5, 5.41) is 7.64. The van der Waals surface area contributed by atoms with Gasteiger partial charge in [0.15, 0.2) is 0 Å². The number of amides is 1. The molecule has 1 amide bonds. The van der Waals surface area contributed by atoms with E-state index < -0.39 is 0 Å². The van der Waals surface area contributed by atoms with E-state index in [1.54, 1.807) is 0 Å². The van der Waals surface area contributed by atoms with Crippen molar-refractivity contribution >= 4 is 5.91 Å². The molecule has 1 aliphatic carbocycles. The number of carbonyl (C=O) groups is 1. The minimum absolute atomic E-state index is 0.170. The molecule has 1 heterocycles. The first kappa shape index (κ1) is 15.8. The second-order valence-corrected chi connectivity index (χ2v) is 6.87. The number of nitrogens with one attached hydrogen (secondary N) is 1. The Morgan fingerprint density at radius 3 is 2.57 bits per heavy atom. The fourth-order valence-electron chi connectivity index (χ4n) is 3.18. The minimum Gasteiger partial charge on any atom is -0.355 e. The van der Waals surface area contributed by atoms with Crippen LogP contribution in [0.3, 0.4) is 0 Å². The van der Waals surface area contributed by atoms with E-state index in [-0.39, 0.29) is 11.3 Å². The molecule has 1 unspecified atom stereocenters. The van der Waals surface area contributed by atoms with Crippen molar-refractivity contribution in [3.63, 3.8) is 0 Å². The second kappa shape index (κ2) is 6.19. The summed E-state index contributed by atoms with van der Waals surface area (Å²) < 4.78 is 2.02. The van der Waals surface area contributed by atoms with E-state index in [1.165, 1.54) is 5.69 Å². The molecule has 1 fully saturated rings. The molecule has 1 saturated carbocycles. The number of carbonyl (C=O) groups excluding carboxylic acids is 1. The lowest BCUT2D eigenvalue weighted by atomic mass is 9.95. The van der Waals surface area contributed by atoms with Crippen LogP contribution in [0.4, 0.5) is 0 Å². The van der Waals surface area contributed by atoms with Crippen molar-refractivity contribution in [3.05, 3.63) is 53.3 Å². The summed E-state index contributed by atoms with van der Waals surface area (Å²) in [6.45, 7) is 7.75. The third-order valence-corrected chi connectivity index (χ3v) is 4.71. The molecule has 3 rings (SSSR count). The predicted molar refractivity (Wildman–Crippen MR) is 91.2 cm³/mol. The van der Waals surface area contributed by atoms with Gasteiger partial charge >= 0.3 is 0 Å². The molecule has 1 aromatic carbocycles. The fourth-order valence-corrected chi connectivity index (χ4v) is 3.18. The zero-order valence-electron chi connectivity index (χ0n) is 14.2. The van der Waals surface area contributed by atoms with Crippen molar-refractivity contribution in [2.75, 3.05) is 6.54 Å². The van der Waals surface area contributed by atoms with Gasteiger partial charge in [-0.3, -0.25) is 9.48 Å².